The number of hydrogen-bond donors (Lipinski definition) is 2. The standard InChI is InChI=1S/C12H15ClN4O2S/c1-9-6-10(13)11(14)7-12(9)20(18,19)16-3-5-17-4-2-15-8-17/h2,4,6-8,16H,3,5,14H2,1H3. The van der Waals surface area contributed by atoms with Gasteiger partial charge in [-0.2, -0.15) is 0 Å². The van der Waals surface area contributed by atoms with Gasteiger partial charge < -0.3 is 10.3 Å². The molecule has 1 aromatic carbocycles. The first-order chi connectivity index (χ1) is 9.40. The van der Waals surface area contributed by atoms with Crippen molar-refractivity contribution in [2.24, 2.45) is 0 Å². The number of nitrogens with zero attached hydrogens (tertiary/aromatic N) is 2. The Morgan fingerprint density at radius 1 is 1.45 bits per heavy atom. The van der Waals surface area contributed by atoms with E-state index < -0.39 is 10.0 Å². The lowest BCUT2D eigenvalue weighted by Gasteiger charge is -2.11. The van der Waals surface area contributed by atoms with Gasteiger partial charge in [-0.15, -0.1) is 0 Å². The lowest BCUT2D eigenvalue weighted by molar-refractivity contribution is 0.572. The number of sulfonamides is 1. The smallest absolute Gasteiger partial charge is 0.240 e. The average molecular weight is 315 g/mol. The third kappa shape index (κ3) is 3.30. The Bertz CT molecular complexity index is 698. The lowest BCUT2D eigenvalue weighted by Crippen LogP contribution is -2.27. The summed E-state index contributed by atoms with van der Waals surface area (Å²) in [5.74, 6) is 0. The van der Waals surface area contributed by atoms with Crippen LogP contribution in [-0.4, -0.2) is 24.5 Å². The van der Waals surface area contributed by atoms with Crippen molar-refractivity contribution < 1.29 is 8.42 Å². The van der Waals surface area contributed by atoms with Gasteiger partial charge in [-0.25, -0.2) is 18.1 Å². The highest BCUT2D eigenvalue weighted by Gasteiger charge is 2.17. The summed E-state index contributed by atoms with van der Waals surface area (Å²) in [6.07, 6.45) is 5.03. The van der Waals surface area contributed by atoms with Crippen LogP contribution in [0.25, 0.3) is 0 Å². The highest BCUT2D eigenvalue weighted by Crippen LogP contribution is 2.25. The number of hydrogen-bond acceptors (Lipinski definition) is 4. The lowest BCUT2D eigenvalue weighted by atomic mass is 10.2. The summed E-state index contributed by atoms with van der Waals surface area (Å²) in [6, 6.07) is 2.92. The zero-order valence-corrected chi connectivity index (χ0v) is 12.4. The van der Waals surface area contributed by atoms with Gasteiger partial charge in [0.1, 0.15) is 0 Å². The van der Waals surface area contributed by atoms with Gasteiger partial charge in [0.25, 0.3) is 0 Å². The SMILES string of the molecule is Cc1cc(Cl)c(N)cc1S(=O)(=O)NCCn1ccnc1. The third-order valence-electron chi connectivity index (χ3n) is 2.81. The molecule has 20 heavy (non-hydrogen) atoms. The van der Waals surface area contributed by atoms with Crippen molar-refractivity contribution in [2.75, 3.05) is 12.3 Å². The first-order valence-electron chi connectivity index (χ1n) is 5.91. The van der Waals surface area contributed by atoms with Gasteiger partial charge in [0, 0.05) is 25.5 Å². The largest absolute Gasteiger partial charge is 0.397 e. The van der Waals surface area contributed by atoms with Crippen LogP contribution in [0.4, 0.5) is 5.69 Å². The Hall–Kier alpha value is -1.57. The van der Waals surface area contributed by atoms with Crippen LogP contribution in [0.1, 0.15) is 5.56 Å². The van der Waals surface area contributed by atoms with Crippen LogP contribution in [0.5, 0.6) is 0 Å². The predicted octanol–water partition coefficient (Wildman–Crippen LogP) is 1.41. The van der Waals surface area contributed by atoms with E-state index in [-0.39, 0.29) is 17.1 Å². The van der Waals surface area contributed by atoms with Crippen molar-refractivity contribution >= 4 is 27.3 Å². The average Bonchev–Trinajstić information content (AvgIpc) is 2.86. The summed E-state index contributed by atoms with van der Waals surface area (Å²) in [5.41, 5.74) is 6.45. The minimum Gasteiger partial charge on any atom is -0.397 e. The molecule has 0 saturated carbocycles. The van der Waals surface area contributed by atoms with Crippen molar-refractivity contribution in [3.05, 3.63) is 41.4 Å². The molecule has 2 aromatic rings. The Labute approximate surface area is 122 Å². The van der Waals surface area contributed by atoms with Crippen LogP contribution < -0.4 is 10.5 Å². The molecular weight excluding hydrogens is 300 g/mol. The molecule has 108 valence electrons. The highest BCUT2D eigenvalue weighted by molar-refractivity contribution is 7.89. The molecule has 1 heterocycles. The van der Waals surface area contributed by atoms with Crippen LogP contribution in [-0.2, 0) is 16.6 Å². The molecule has 2 rings (SSSR count). The molecule has 1 aromatic heterocycles. The summed E-state index contributed by atoms with van der Waals surface area (Å²) >= 11 is 5.86. The first-order valence-corrected chi connectivity index (χ1v) is 7.77. The van der Waals surface area contributed by atoms with Crippen molar-refractivity contribution in [2.45, 2.75) is 18.4 Å². The van der Waals surface area contributed by atoms with Crippen LogP contribution in [0.15, 0.2) is 35.7 Å². The second kappa shape index (κ2) is 5.82. The number of aryl methyl sites for hydroxylation is 1. The zero-order valence-electron chi connectivity index (χ0n) is 10.9. The van der Waals surface area contributed by atoms with Crippen LogP contribution in [0.2, 0.25) is 5.02 Å². The van der Waals surface area contributed by atoms with Gasteiger partial charge in [-0.1, -0.05) is 11.6 Å². The monoisotopic (exact) mass is 314 g/mol. The Kier molecular flexibility index (Phi) is 4.32. The molecule has 0 radical (unpaired) electrons. The van der Waals surface area contributed by atoms with Crippen molar-refractivity contribution in [3.63, 3.8) is 0 Å². The van der Waals surface area contributed by atoms with E-state index in [1.165, 1.54) is 6.07 Å². The molecule has 0 amide bonds. The molecule has 6 nitrogen and oxygen atoms in total. The van der Waals surface area contributed by atoms with Gasteiger partial charge in [0.2, 0.25) is 10.0 Å². The second-order valence-corrected chi connectivity index (χ2v) is 6.48. The van der Waals surface area contributed by atoms with Crippen molar-refractivity contribution in [3.8, 4) is 0 Å². The van der Waals surface area contributed by atoms with Gasteiger partial charge in [0.15, 0.2) is 0 Å². The summed E-state index contributed by atoms with van der Waals surface area (Å²) < 4.78 is 28.7. The van der Waals surface area contributed by atoms with E-state index in [9.17, 15) is 8.42 Å². The van der Waals surface area contributed by atoms with E-state index in [1.54, 1.807) is 36.3 Å². The zero-order chi connectivity index (χ0) is 14.8. The normalized spacial score (nSPS) is 11.7. The van der Waals surface area contributed by atoms with Gasteiger partial charge in [-0.3, -0.25) is 0 Å². The molecule has 0 atom stereocenters. The number of imidazole rings is 1. The number of nitrogens with one attached hydrogen (secondary N) is 1. The number of rotatable bonds is 5. The fraction of sp³-hybridized carbons (Fsp3) is 0.250. The van der Waals surface area contributed by atoms with E-state index in [0.717, 1.165) is 0 Å². The molecule has 0 saturated heterocycles. The fourth-order valence-corrected chi connectivity index (χ4v) is 3.26. The third-order valence-corrected chi connectivity index (χ3v) is 4.74. The maximum atomic E-state index is 12.2. The maximum absolute atomic E-state index is 12.2. The molecule has 0 aliphatic heterocycles. The van der Waals surface area contributed by atoms with Crippen molar-refractivity contribution in [1.82, 2.24) is 14.3 Å². The Balaban J connectivity index is 2.12. The molecular formula is C12H15ClN4O2S. The highest BCUT2D eigenvalue weighted by atomic mass is 35.5. The summed E-state index contributed by atoms with van der Waals surface area (Å²) in [5, 5.41) is 0.347. The van der Waals surface area contributed by atoms with E-state index >= 15 is 0 Å². The topological polar surface area (TPSA) is 90.0 Å². The molecule has 0 fully saturated rings. The molecule has 0 aliphatic rings. The predicted molar refractivity (Wildman–Crippen MR) is 78.0 cm³/mol. The van der Waals surface area contributed by atoms with Gasteiger partial charge >= 0.3 is 0 Å². The maximum Gasteiger partial charge on any atom is 0.240 e. The molecule has 3 N–H and O–H groups in total. The number of nitrogen functional groups attached to an aromatic ring is 1. The second-order valence-electron chi connectivity index (χ2n) is 4.34. The fourth-order valence-electron chi connectivity index (χ4n) is 1.76. The van der Waals surface area contributed by atoms with E-state index in [0.29, 0.717) is 17.1 Å². The number of anilines is 1. The van der Waals surface area contributed by atoms with E-state index in [2.05, 4.69) is 9.71 Å². The first kappa shape index (κ1) is 14.8. The summed E-state index contributed by atoms with van der Waals surface area (Å²) in [7, 11) is -3.61. The number of nitrogens with two attached hydrogens (primary N) is 1. The molecule has 8 heteroatoms. The number of aromatic nitrogens is 2. The quantitative estimate of drug-likeness (QED) is 0.816. The van der Waals surface area contributed by atoms with Gasteiger partial charge in [0.05, 0.1) is 21.9 Å². The summed E-state index contributed by atoms with van der Waals surface area (Å²) in [6.45, 7) is 2.44. The molecule has 0 aliphatic carbocycles. The van der Waals surface area contributed by atoms with Crippen LogP contribution in [0, 0.1) is 6.92 Å². The van der Waals surface area contributed by atoms with E-state index in [1.807, 2.05) is 0 Å². The minimum atomic E-state index is -3.61. The Morgan fingerprint density at radius 2 is 2.20 bits per heavy atom. The van der Waals surface area contributed by atoms with Crippen LogP contribution in [0.3, 0.4) is 0 Å². The number of benzene rings is 1. The number of halogens is 1. The van der Waals surface area contributed by atoms with Crippen LogP contribution >= 0.6 is 11.6 Å². The van der Waals surface area contributed by atoms with E-state index in [4.69, 9.17) is 17.3 Å². The summed E-state index contributed by atoms with van der Waals surface area (Å²) in [4.78, 5) is 4.03. The molecule has 0 unspecified atom stereocenters. The molecule has 0 spiro atoms. The minimum absolute atomic E-state index is 0.144. The molecule has 0 bridgehead atoms. The van der Waals surface area contributed by atoms with Crippen molar-refractivity contribution in [1.29, 1.82) is 0 Å². The Morgan fingerprint density at radius 3 is 2.85 bits per heavy atom. The van der Waals surface area contributed by atoms with Gasteiger partial charge in [-0.05, 0) is 24.6 Å².